The van der Waals surface area contributed by atoms with Crippen molar-refractivity contribution >= 4 is 17.2 Å². The first-order valence-electron chi connectivity index (χ1n) is 8.36. The number of benzene rings is 1. The molecule has 0 amide bonds. The van der Waals surface area contributed by atoms with E-state index in [-0.39, 0.29) is 0 Å². The average molecular weight is 341 g/mol. The molecule has 6 heteroatoms. The zero-order valence-corrected chi connectivity index (χ0v) is 14.1. The summed E-state index contributed by atoms with van der Waals surface area (Å²) in [5.74, 6) is 2.49. The van der Waals surface area contributed by atoms with Crippen molar-refractivity contribution < 1.29 is 4.74 Å². The summed E-state index contributed by atoms with van der Waals surface area (Å²) < 4.78 is 7.26. The molecule has 1 fully saturated rings. The van der Waals surface area contributed by atoms with Gasteiger partial charge in [-0.3, -0.25) is 0 Å². The molecule has 1 saturated carbocycles. The number of para-hydroxylation sites is 1. The van der Waals surface area contributed by atoms with Crippen LogP contribution in [-0.2, 0) is 0 Å². The number of fused-ring (bicyclic) bond motifs is 3. The van der Waals surface area contributed by atoms with Gasteiger partial charge in [0.2, 0.25) is 0 Å². The van der Waals surface area contributed by atoms with Crippen LogP contribution in [0.1, 0.15) is 48.6 Å². The Morgan fingerprint density at radius 3 is 2.50 bits per heavy atom. The van der Waals surface area contributed by atoms with Crippen molar-refractivity contribution in [3.8, 4) is 17.1 Å². The lowest BCUT2D eigenvalue weighted by Gasteiger charge is -2.38. The van der Waals surface area contributed by atoms with Crippen LogP contribution in [-0.4, -0.2) is 26.9 Å². The van der Waals surface area contributed by atoms with Crippen LogP contribution in [0.3, 0.4) is 0 Å². The predicted octanol–water partition coefficient (Wildman–Crippen LogP) is 4.21. The van der Waals surface area contributed by atoms with Crippen molar-refractivity contribution in [2.45, 2.75) is 37.5 Å². The number of nitrogens with zero attached hydrogens (tertiary/aromatic N) is 4. The van der Waals surface area contributed by atoms with Crippen molar-refractivity contribution in [3.63, 3.8) is 0 Å². The highest BCUT2D eigenvalue weighted by Gasteiger charge is 2.38. The van der Waals surface area contributed by atoms with E-state index in [9.17, 15) is 0 Å². The molecule has 3 aliphatic carbocycles. The normalized spacial score (nSPS) is 21.9. The SMILES string of the molecule is COc1ccccc1-c1nnc2c3c(c(Cl)nn12)C1CCC3CC1. The molecule has 0 spiro atoms. The van der Waals surface area contributed by atoms with E-state index in [2.05, 4.69) is 15.3 Å². The van der Waals surface area contributed by atoms with E-state index in [4.69, 9.17) is 16.3 Å². The van der Waals surface area contributed by atoms with Crippen molar-refractivity contribution in [1.29, 1.82) is 0 Å². The molecule has 0 aliphatic heterocycles. The molecular formula is C18H17ClN4O. The number of aromatic nitrogens is 4. The van der Waals surface area contributed by atoms with E-state index >= 15 is 0 Å². The summed E-state index contributed by atoms with van der Waals surface area (Å²) in [5.41, 5.74) is 4.21. The molecule has 0 unspecified atom stereocenters. The minimum atomic E-state index is 0.529. The van der Waals surface area contributed by atoms with Crippen LogP contribution in [0.5, 0.6) is 5.75 Å². The maximum Gasteiger partial charge on any atom is 0.189 e. The summed E-state index contributed by atoms with van der Waals surface area (Å²) in [6.07, 6.45) is 4.85. The third-order valence-electron chi connectivity index (χ3n) is 5.47. The molecular weight excluding hydrogens is 324 g/mol. The first-order valence-corrected chi connectivity index (χ1v) is 8.74. The molecule has 3 aliphatic rings. The first-order chi connectivity index (χ1) is 11.8. The fraction of sp³-hybridized carbons (Fsp3) is 0.389. The van der Waals surface area contributed by atoms with Crippen LogP contribution in [0.2, 0.25) is 5.15 Å². The van der Waals surface area contributed by atoms with Gasteiger partial charge in [0.1, 0.15) is 5.75 Å². The fourth-order valence-corrected chi connectivity index (χ4v) is 4.71. The van der Waals surface area contributed by atoms with Gasteiger partial charge in [-0.15, -0.1) is 10.2 Å². The van der Waals surface area contributed by atoms with Crippen LogP contribution < -0.4 is 4.74 Å². The summed E-state index contributed by atoms with van der Waals surface area (Å²) in [6, 6.07) is 7.78. The van der Waals surface area contributed by atoms with Crippen LogP contribution in [0.4, 0.5) is 0 Å². The summed E-state index contributed by atoms with van der Waals surface area (Å²) in [4.78, 5) is 0. The third-order valence-corrected chi connectivity index (χ3v) is 5.75. The Morgan fingerprint density at radius 2 is 1.75 bits per heavy atom. The van der Waals surface area contributed by atoms with Gasteiger partial charge in [0.15, 0.2) is 16.6 Å². The number of halogens is 1. The molecule has 0 atom stereocenters. The fourth-order valence-electron chi connectivity index (χ4n) is 4.37. The number of ether oxygens (including phenoxy) is 1. The van der Waals surface area contributed by atoms with Gasteiger partial charge in [0, 0.05) is 11.1 Å². The lowest BCUT2D eigenvalue weighted by Crippen LogP contribution is -2.24. The van der Waals surface area contributed by atoms with Crippen LogP contribution in [0, 0.1) is 0 Å². The second kappa shape index (κ2) is 5.18. The Morgan fingerprint density at radius 1 is 1.04 bits per heavy atom. The Hall–Kier alpha value is -2.14. The molecule has 6 rings (SSSR count). The molecule has 1 aromatic carbocycles. The van der Waals surface area contributed by atoms with Crippen LogP contribution in [0.15, 0.2) is 24.3 Å². The number of hydrogen-bond donors (Lipinski definition) is 0. The van der Waals surface area contributed by atoms with Gasteiger partial charge in [-0.05, 0) is 49.7 Å². The third kappa shape index (κ3) is 1.85. The second-order valence-electron chi connectivity index (χ2n) is 6.63. The zero-order valence-electron chi connectivity index (χ0n) is 13.4. The van der Waals surface area contributed by atoms with Crippen LogP contribution in [0.25, 0.3) is 17.0 Å². The smallest absolute Gasteiger partial charge is 0.189 e. The summed E-state index contributed by atoms with van der Waals surface area (Å²) in [7, 11) is 1.66. The maximum atomic E-state index is 6.59. The topological polar surface area (TPSA) is 52.3 Å². The van der Waals surface area contributed by atoms with Crippen molar-refractivity contribution in [1.82, 2.24) is 19.8 Å². The van der Waals surface area contributed by atoms with Gasteiger partial charge in [0.05, 0.1) is 12.7 Å². The van der Waals surface area contributed by atoms with Crippen LogP contribution >= 0.6 is 11.6 Å². The molecule has 2 aromatic heterocycles. The molecule has 24 heavy (non-hydrogen) atoms. The first kappa shape index (κ1) is 14.2. The number of rotatable bonds is 2. The Kier molecular flexibility index (Phi) is 3.07. The highest BCUT2D eigenvalue weighted by atomic mass is 35.5. The van der Waals surface area contributed by atoms with E-state index in [1.54, 1.807) is 11.6 Å². The van der Waals surface area contributed by atoms with Gasteiger partial charge in [-0.25, -0.2) is 0 Å². The van der Waals surface area contributed by atoms with E-state index in [0.717, 1.165) is 17.0 Å². The molecule has 0 saturated heterocycles. The zero-order chi connectivity index (χ0) is 16.3. The average Bonchev–Trinajstić information content (AvgIpc) is 3.06. The minimum Gasteiger partial charge on any atom is -0.496 e. The van der Waals surface area contributed by atoms with Crippen molar-refractivity contribution in [3.05, 3.63) is 40.5 Å². The Balaban J connectivity index is 1.80. The molecule has 122 valence electrons. The van der Waals surface area contributed by atoms with Crippen molar-refractivity contribution in [2.75, 3.05) is 7.11 Å². The summed E-state index contributed by atoms with van der Waals surface area (Å²) in [5, 5.41) is 14.1. The largest absolute Gasteiger partial charge is 0.496 e. The molecule has 3 aromatic rings. The molecule has 5 nitrogen and oxygen atoms in total. The van der Waals surface area contributed by atoms with E-state index in [1.807, 2.05) is 24.3 Å². The second-order valence-corrected chi connectivity index (χ2v) is 6.98. The molecule has 2 heterocycles. The van der Waals surface area contributed by atoms with Gasteiger partial charge < -0.3 is 4.74 Å². The van der Waals surface area contributed by atoms with E-state index < -0.39 is 0 Å². The lowest BCUT2D eigenvalue weighted by atomic mass is 9.68. The molecule has 0 N–H and O–H groups in total. The van der Waals surface area contributed by atoms with Gasteiger partial charge in [-0.2, -0.15) is 9.61 Å². The Bertz CT molecular complexity index is 944. The minimum absolute atomic E-state index is 0.529. The van der Waals surface area contributed by atoms with E-state index in [1.165, 1.54) is 36.8 Å². The molecule has 0 radical (unpaired) electrons. The van der Waals surface area contributed by atoms with Gasteiger partial charge >= 0.3 is 0 Å². The summed E-state index contributed by atoms with van der Waals surface area (Å²) >= 11 is 6.59. The standard InChI is InChI=1S/C18H17ClN4O/c1-24-13-5-3-2-4-12(13)17-20-21-18-15-11-8-6-10(7-9-11)14(15)16(19)22-23(17)18/h2-5,10-11H,6-9H2,1H3. The van der Waals surface area contributed by atoms with E-state index in [0.29, 0.717) is 22.8 Å². The highest BCUT2D eigenvalue weighted by Crippen LogP contribution is 2.52. The number of methoxy groups -OCH3 is 1. The molecule has 2 bridgehead atoms. The predicted molar refractivity (Wildman–Crippen MR) is 91.7 cm³/mol. The summed E-state index contributed by atoms with van der Waals surface area (Å²) in [6.45, 7) is 0. The Labute approximate surface area is 144 Å². The number of hydrogen-bond acceptors (Lipinski definition) is 4. The maximum absolute atomic E-state index is 6.59. The van der Waals surface area contributed by atoms with Gasteiger partial charge in [-0.1, -0.05) is 23.7 Å². The van der Waals surface area contributed by atoms with Crippen molar-refractivity contribution in [2.24, 2.45) is 0 Å². The lowest BCUT2D eigenvalue weighted by molar-refractivity contribution is 0.358. The quantitative estimate of drug-likeness (QED) is 0.701. The highest BCUT2D eigenvalue weighted by molar-refractivity contribution is 6.30. The monoisotopic (exact) mass is 340 g/mol. The van der Waals surface area contributed by atoms with Gasteiger partial charge in [0.25, 0.3) is 0 Å².